The summed E-state index contributed by atoms with van der Waals surface area (Å²) in [6, 6.07) is 0. The summed E-state index contributed by atoms with van der Waals surface area (Å²) >= 11 is 0. The van der Waals surface area contributed by atoms with E-state index in [0.717, 1.165) is 46.0 Å². The molecule has 0 amide bonds. The van der Waals surface area contributed by atoms with Gasteiger partial charge in [0.15, 0.2) is 62.5 Å². The van der Waals surface area contributed by atoms with Crippen LogP contribution in [0.5, 0.6) is 0 Å². The molecule has 0 fully saturated rings. The van der Waals surface area contributed by atoms with Crippen LogP contribution in [0.15, 0.2) is 169 Å². The number of allylic oxidation sites excluding steroid dienone is 16. The molecule has 0 heterocycles. The molecular weight excluding hydrogens is 3660 g/mol. The first-order chi connectivity index (χ1) is 58.5. The summed E-state index contributed by atoms with van der Waals surface area (Å²) in [6.07, 6.45) is 51.0. The Balaban J connectivity index is -0.0000000270. The van der Waals surface area contributed by atoms with Crippen molar-refractivity contribution >= 4 is 138 Å². The van der Waals surface area contributed by atoms with Gasteiger partial charge in [-0.1, -0.05) is 137 Å². The van der Waals surface area contributed by atoms with E-state index in [1.165, 1.54) is 120 Å². The van der Waals surface area contributed by atoms with Gasteiger partial charge in [0, 0.05) is 678 Å². The SMILES string of the molecule is C#CC(=O)C(C)C(C)C(=O)C#C.C#CS(=O)(=O)C(C)[C@H](C)S(=O)(=O)C#C.C/C=C/C(=O)C(C)[C@H](C)C(=O)/C=C/C.C/C=C/C(=O)[CH-]CC.C/C=C/S(=O)(=O)C(C)[C@H](C)S(=O)(=O)/C=C/C.C/C=C/S(=O)(=O)[CH-]CC.C/C=C/[C-]=O.C/C=C/[S-](=O)=O.C=CC(=O)C(C)C(C)C(=O)C=C.C=CC(=O)[CH-]CC.C=CS(=O)(=O)C(C)[C@H](C)S(=O)(=O)C=C.C=C[C-]=O.[CH2-]C.[CH2-]C.[CH2-]C.[Y+3].[Y+3].[Y+3].[Y].[Y].[Y].[Y].[Y].[Y].[Y].[Y].[Y].[Y].[Y].[Y].[Y].[Y].[Y].[Y].[Y].[Y]. The predicted molar refractivity (Wildman–Crippen MR) is 526 cm³/mol. The van der Waals surface area contributed by atoms with Crippen molar-refractivity contribution in [2.75, 3.05) is 0 Å². The fraction of sp³-hybridized carbons (Fsp3) is 0.441. The molecule has 148 heavy (non-hydrogen) atoms. The maximum absolute atomic E-state index is 11.6. The van der Waals surface area contributed by atoms with Gasteiger partial charge in [-0.25, -0.2) is 75.0 Å². The molecule has 26 nitrogen and oxygen atoms in total. The van der Waals surface area contributed by atoms with Gasteiger partial charge in [-0.2, -0.15) is 70.9 Å². The number of sulfone groups is 7. The summed E-state index contributed by atoms with van der Waals surface area (Å²) in [5.74, 6) is 2.34. The minimum Gasteiger partial charge on any atom is -0.420 e. The van der Waals surface area contributed by atoms with Crippen molar-refractivity contribution < 1.29 is 802 Å². The normalized spacial score (nSPS) is 11.6. The number of carbonyl (C=O) groups excluding carboxylic acids is 10. The predicted octanol–water partition coefficient (Wildman–Crippen LogP) is 16.2. The molecule has 0 aliphatic rings. The Morgan fingerprint density at radius 2 is 0.568 bits per heavy atom. The van der Waals surface area contributed by atoms with Gasteiger partial charge in [0.2, 0.25) is 31.2 Å². The van der Waals surface area contributed by atoms with Crippen LogP contribution in [0.3, 0.4) is 0 Å². The summed E-state index contributed by atoms with van der Waals surface area (Å²) in [5, 5.41) is 2.68. The fourth-order valence-corrected chi connectivity index (χ4v) is 16.2. The quantitative estimate of drug-likeness (QED) is 0.0138. The standard InChI is InChI=1S/C12H18O2.C10H18O4S2.C10H14O2.C10H10O2.C8H14O4S2.C8H10O4S2.C7H11O.C6H11O2S.C6H9O.C4H5O.C3H5O2S.C3H3O.3C2H5.21Y/c1-5-7-11(13)9(3)10(4)12(14)8-6-2;1-5-7-15(11,12)9(3)10(4)16(13,14)8-6-2;2*1-5-9(11)7(3)8(4)10(12)6-2;2*1-5-13(9,10)7(3)8(4)14(11,12)6-2;1-3-5-7(8)6-4-2;1-3-5-9(7,8)6-4-2;1-3-5-6(7)4-2;1-2-3-4-5;1-2-3-6(4)5;1-2-3-4;3*1-2;;;;;;;;;;;;;;;;;;;;;/h5-10H,1-4H3;5-10H,1-4H3;5-8H,1-2H2,3-4H3;1-2,7-8H,3-4H3;5-8H,1-2H2,3-4H3;1-2,7-8H,3-4H3;3,5-6H,4H2,1-2H3;3,5-6H,4H2,1-2H3;4-5H,2-3H2,1H3;2-3H,1H3;2-3H,1H3;2H,1H2;3*1H2,2H3;;;;;;;;;;;;;;;;;;;;;/q;;;;;;9*-1;;;;;;;;;;;;;;;;;;;3*+3/b2*7-5+,8-6+;;;;;2*5-3+;;2*3-2+;;;;;;;;;;;;;;;;;;;;;;;;;/t2*9-,10?;;;2*7-,8?;;;;;;;;;;;;;;;;;;;;;;;;;;;;;;/m00..00............................../s1. The third kappa shape index (κ3) is 164. The zero-order chi connectivity index (χ0) is 105. The van der Waals surface area contributed by atoms with Gasteiger partial charge < -0.3 is 48.4 Å². The van der Waals surface area contributed by atoms with Gasteiger partial charge in [-0.15, -0.1) is 56.9 Å². The first-order valence-corrected chi connectivity index (χ1v) is 50.9. The minimum atomic E-state index is -3.84. The second kappa shape index (κ2) is 176. The summed E-state index contributed by atoms with van der Waals surface area (Å²) in [5.41, 5.74) is 0. The van der Waals surface area contributed by atoms with Crippen LogP contribution in [0.1, 0.15) is 199 Å². The van der Waals surface area contributed by atoms with Crippen LogP contribution in [0, 0.1) is 123 Å². The van der Waals surface area contributed by atoms with Crippen molar-refractivity contribution in [2.24, 2.45) is 35.5 Å². The molecule has 0 N–H and O–H groups in total. The molecule has 12 atom stereocenters. The second-order valence-electron chi connectivity index (χ2n) is 24.0. The number of hydrogen-bond donors (Lipinski definition) is 0. The third-order valence-corrected chi connectivity index (χ3v) is 29.2. The van der Waals surface area contributed by atoms with E-state index in [9.17, 15) is 110 Å². The molecule has 0 saturated carbocycles. The molecule has 0 aliphatic carbocycles. The second-order valence-corrected chi connectivity index (χ2v) is 39.6. The molecule has 0 aromatic rings. The summed E-state index contributed by atoms with van der Waals surface area (Å²) in [4.78, 5) is 106. The van der Waals surface area contributed by atoms with Crippen LogP contribution >= 0.6 is 0 Å². The maximum Gasteiger partial charge on any atom is 3.00 e. The molecule has 8 unspecified atom stereocenters. The zero-order valence-electron chi connectivity index (χ0n) is 91.2. The molecule has 0 aliphatic heterocycles. The molecular formula is C93H143O26S8Y21. The topological polar surface area (TPSA) is 444 Å². The Morgan fingerprint density at radius 3 is 0.709 bits per heavy atom. The summed E-state index contributed by atoms with van der Waals surface area (Å²) < 4.78 is 177. The van der Waals surface area contributed by atoms with Crippen LogP contribution in [-0.4, -0.2) is 149 Å². The molecule has 0 aromatic carbocycles. The third-order valence-electron chi connectivity index (χ3n) is 15.3. The molecule has 0 spiro atoms. The molecule has 18 radical (unpaired) electrons. The van der Waals surface area contributed by atoms with E-state index in [1.807, 2.05) is 32.6 Å². The fourth-order valence-electron chi connectivity index (χ4n) is 6.80. The van der Waals surface area contributed by atoms with Crippen molar-refractivity contribution in [2.45, 2.75) is 231 Å². The summed E-state index contributed by atoms with van der Waals surface area (Å²) in [6.45, 7) is 71.8. The minimum absolute atomic E-state index is 0. The van der Waals surface area contributed by atoms with Gasteiger partial charge in [0.05, 0.1) is 31.5 Å². The monoisotopic (exact) mass is 3800 g/mol. The van der Waals surface area contributed by atoms with E-state index >= 15 is 0 Å². The van der Waals surface area contributed by atoms with Gasteiger partial charge >= 0.3 is 98.1 Å². The van der Waals surface area contributed by atoms with Crippen molar-refractivity contribution in [1.29, 1.82) is 0 Å². The van der Waals surface area contributed by atoms with Gasteiger partial charge in [-0.05, 0) is 137 Å². The number of terminal acetylenes is 4. The van der Waals surface area contributed by atoms with E-state index in [4.69, 9.17) is 30.5 Å². The Labute approximate surface area is 1430 Å². The van der Waals surface area contributed by atoms with E-state index < -0.39 is 123 Å². The Bertz CT molecular complexity index is 4480. The van der Waals surface area contributed by atoms with Gasteiger partial charge in [-0.3, -0.25) is 37.2 Å². The van der Waals surface area contributed by atoms with Crippen molar-refractivity contribution in [3.8, 4) is 48.0 Å². The zero-order valence-corrected chi connectivity index (χ0v) is 157. The largest absolute Gasteiger partial charge is 3.00 e. The summed E-state index contributed by atoms with van der Waals surface area (Å²) in [7, 11) is -26.8. The van der Waals surface area contributed by atoms with Crippen molar-refractivity contribution in [3.63, 3.8) is 0 Å². The van der Waals surface area contributed by atoms with E-state index in [2.05, 4.69) is 60.2 Å². The maximum atomic E-state index is 11.6. The number of carbonyl (C=O) groups is 8. The van der Waals surface area contributed by atoms with E-state index in [0.29, 0.717) is 6.42 Å². The van der Waals surface area contributed by atoms with E-state index in [-0.39, 0.29) is 757 Å². The number of rotatable bonds is 38. The Morgan fingerprint density at radius 1 is 0.331 bits per heavy atom. The molecule has 0 aromatic heterocycles. The smallest absolute Gasteiger partial charge is 0.420 e. The molecule has 55 heteroatoms. The van der Waals surface area contributed by atoms with Crippen LogP contribution in [-0.2, 0) is 823 Å². The molecule has 782 valence electrons. The average Bonchev–Trinajstić information content (AvgIpc) is 0.828. The van der Waals surface area contributed by atoms with Crippen LogP contribution in [0.4, 0.5) is 0 Å². The van der Waals surface area contributed by atoms with Crippen molar-refractivity contribution in [3.05, 3.63) is 209 Å². The number of hydrogen-bond acceptors (Lipinski definition) is 27. The van der Waals surface area contributed by atoms with Crippen molar-refractivity contribution in [1.82, 2.24) is 0 Å². The van der Waals surface area contributed by atoms with Crippen LogP contribution in [0.25, 0.3) is 0 Å². The first-order valence-electron chi connectivity index (χ1n) is 38.6. The average molecular weight is 3800 g/mol. The Hall–Kier alpha value is 13.8. The van der Waals surface area contributed by atoms with Gasteiger partial charge in [0.25, 0.3) is 0 Å². The Kier molecular flexibility index (Phi) is 314. The number of ketones is 8. The number of Topliss-reactive ketones (excluding diaryl/α,β-unsaturated/α-hetero) is 2. The molecule has 0 bridgehead atoms. The molecule has 0 rings (SSSR count). The van der Waals surface area contributed by atoms with Gasteiger partial charge in [0.1, 0.15) is 0 Å². The molecule has 0 saturated heterocycles. The van der Waals surface area contributed by atoms with E-state index in [1.54, 1.807) is 178 Å². The van der Waals surface area contributed by atoms with Crippen LogP contribution in [0.2, 0.25) is 0 Å². The van der Waals surface area contributed by atoms with Crippen LogP contribution < -0.4 is 0 Å². The first kappa shape index (κ1) is 264.